The van der Waals surface area contributed by atoms with Crippen LogP contribution in [0.4, 0.5) is 15.8 Å². The number of nitrogens with one attached hydrogen (secondary N) is 2. The number of hydrogen-bond donors (Lipinski definition) is 2. The SMILES string of the molecule is CSC(=Nc1cc(NC(C)=O)ccc1F)NC#N. The molecule has 0 bridgehead atoms. The normalized spacial score (nSPS) is 10.7. The Labute approximate surface area is 108 Å². The zero-order valence-electron chi connectivity index (χ0n) is 9.82. The molecule has 7 heteroatoms. The Hall–Kier alpha value is -2.07. The van der Waals surface area contributed by atoms with Crippen LogP contribution in [0.15, 0.2) is 23.2 Å². The smallest absolute Gasteiger partial charge is 0.221 e. The molecule has 0 atom stereocenters. The molecule has 0 saturated carbocycles. The molecular formula is C11H11FN4OS. The van der Waals surface area contributed by atoms with Gasteiger partial charge in [-0.05, 0) is 24.5 Å². The molecule has 1 rings (SSSR count). The van der Waals surface area contributed by atoms with Gasteiger partial charge in [0.1, 0.15) is 11.5 Å². The van der Waals surface area contributed by atoms with E-state index in [1.54, 1.807) is 12.4 Å². The highest BCUT2D eigenvalue weighted by Crippen LogP contribution is 2.23. The van der Waals surface area contributed by atoms with E-state index in [0.29, 0.717) is 5.69 Å². The summed E-state index contributed by atoms with van der Waals surface area (Å²) in [5.41, 5.74) is 0.494. The fourth-order valence-electron chi connectivity index (χ4n) is 1.16. The number of nitriles is 1. The molecule has 0 aromatic heterocycles. The molecular weight excluding hydrogens is 255 g/mol. The second kappa shape index (κ2) is 6.61. The van der Waals surface area contributed by atoms with Crippen molar-refractivity contribution in [2.75, 3.05) is 11.6 Å². The van der Waals surface area contributed by atoms with Crippen LogP contribution < -0.4 is 10.6 Å². The predicted octanol–water partition coefficient (Wildman–Crippen LogP) is 2.21. The number of carbonyl (C=O) groups is 1. The zero-order valence-corrected chi connectivity index (χ0v) is 10.6. The molecule has 0 saturated heterocycles. The number of anilines is 1. The molecule has 0 aliphatic carbocycles. The van der Waals surface area contributed by atoms with Gasteiger partial charge in [-0.15, -0.1) is 0 Å². The van der Waals surface area contributed by atoms with Crippen LogP contribution in [0.3, 0.4) is 0 Å². The average molecular weight is 266 g/mol. The number of aliphatic imine (C=N–C) groups is 1. The second-order valence-electron chi connectivity index (χ2n) is 3.21. The minimum atomic E-state index is -0.532. The van der Waals surface area contributed by atoms with Crippen molar-refractivity contribution in [2.24, 2.45) is 4.99 Å². The Morgan fingerprint density at radius 3 is 2.83 bits per heavy atom. The molecule has 0 unspecified atom stereocenters. The predicted molar refractivity (Wildman–Crippen MR) is 70.1 cm³/mol. The molecule has 1 aromatic rings. The van der Waals surface area contributed by atoms with Gasteiger partial charge in [0, 0.05) is 12.6 Å². The number of hydrogen-bond acceptors (Lipinski definition) is 4. The summed E-state index contributed by atoms with van der Waals surface area (Å²) in [5, 5.41) is 13.6. The van der Waals surface area contributed by atoms with Gasteiger partial charge in [0.25, 0.3) is 0 Å². The zero-order chi connectivity index (χ0) is 13.5. The molecule has 5 nitrogen and oxygen atoms in total. The van der Waals surface area contributed by atoms with Gasteiger partial charge >= 0.3 is 0 Å². The highest BCUT2D eigenvalue weighted by Gasteiger charge is 2.05. The first kappa shape index (κ1) is 14.0. The van der Waals surface area contributed by atoms with Crippen LogP contribution in [0.25, 0.3) is 0 Å². The van der Waals surface area contributed by atoms with E-state index in [4.69, 9.17) is 5.26 Å². The molecule has 94 valence electrons. The fourth-order valence-corrected chi connectivity index (χ4v) is 1.50. The lowest BCUT2D eigenvalue weighted by Crippen LogP contribution is -2.12. The molecule has 0 aliphatic heterocycles. The molecule has 1 aromatic carbocycles. The van der Waals surface area contributed by atoms with Gasteiger partial charge in [0.2, 0.25) is 5.91 Å². The van der Waals surface area contributed by atoms with Crippen LogP contribution in [-0.4, -0.2) is 17.3 Å². The molecule has 0 radical (unpaired) electrons. The van der Waals surface area contributed by atoms with Crippen LogP contribution in [0.1, 0.15) is 6.92 Å². The van der Waals surface area contributed by atoms with Gasteiger partial charge in [0.15, 0.2) is 11.4 Å². The lowest BCUT2D eigenvalue weighted by atomic mass is 10.2. The summed E-state index contributed by atoms with van der Waals surface area (Å²) in [6, 6.07) is 4.03. The Kier molecular flexibility index (Phi) is 5.14. The van der Waals surface area contributed by atoms with Crippen molar-refractivity contribution in [3.63, 3.8) is 0 Å². The minimum Gasteiger partial charge on any atom is -0.326 e. The van der Waals surface area contributed by atoms with Crippen molar-refractivity contribution in [2.45, 2.75) is 6.92 Å². The molecule has 18 heavy (non-hydrogen) atoms. The third-order valence-corrected chi connectivity index (χ3v) is 2.42. The van der Waals surface area contributed by atoms with E-state index in [2.05, 4.69) is 15.6 Å². The van der Waals surface area contributed by atoms with Gasteiger partial charge in [-0.2, -0.15) is 5.26 Å². The summed E-state index contributed by atoms with van der Waals surface area (Å²) in [6.07, 6.45) is 3.42. The van der Waals surface area contributed by atoms with E-state index >= 15 is 0 Å². The summed E-state index contributed by atoms with van der Waals surface area (Å²) in [5.74, 6) is -0.785. The molecule has 0 spiro atoms. The van der Waals surface area contributed by atoms with E-state index in [-0.39, 0.29) is 16.8 Å². The molecule has 1 amide bonds. The number of benzene rings is 1. The number of nitrogens with zero attached hydrogens (tertiary/aromatic N) is 2. The van der Waals surface area contributed by atoms with E-state index in [1.165, 1.54) is 36.9 Å². The summed E-state index contributed by atoms with van der Waals surface area (Å²) >= 11 is 1.18. The fraction of sp³-hybridized carbons (Fsp3) is 0.182. The summed E-state index contributed by atoms with van der Waals surface area (Å²) in [7, 11) is 0. The monoisotopic (exact) mass is 266 g/mol. The Morgan fingerprint density at radius 1 is 1.56 bits per heavy atom. The van der Waals surface area contributed by atoms with Gasteiger partial charge < -0.3 is 5.32 Å². The molecule has 0 aliphatic rings. The van der Waals surface area contributed by atoms with Crippen LogP contribution in [0.5, 0.6) is 0 Å². The standard InChI is InChI=1S/C11H11FN4OS/c1-7(17)15-8-3-4-9(12)10(5-8)16-11(18-2)14-6-13/h3-5H,1-2H3,(H,14,16)(H,15,17). The van der Waals surface area contributed by atoms with Crippen LogP contribution in [-0.2, 0) is 4.79 Å². The van der Waals surface area contributed by atoms with E-state index in [9.17, 15) is 9.18 Å². The lowest BCUT2D eigenvalue weighted by Gasteiger charge is -2.05. The third-order valence-electron chi connectivity index (χ3n) is 1.84. The van der Waals surface area contributed by atoms with E-state index < -0.39 is 5.82 Å². The van der Waals surface area contributed by atoms with Crippen molar-refractivity contribution in [3.8, 4) is 6.19 Å². The third kappa shape index (κ3) is 4.07. The molecule has 0 fully saturated rings. The number of thioether (sulfide) groups is 1. The van der Waals surface area contributed by atoms with Crippen molar-refractivity contribution < 1.29 is 9.18 Å². The van der Waals surface area contributed by atoms with Crippen LogP contribution >= 0.6 is 11.8 Å². The lowest BCUT2D eigenvalue weighted by molar-refractivity contribution is -0.114. The number of halogens is 1. The number of rotatable bonds is 2. The van der Waals surface area contributed by atoms with Gasteiger partial charge in [-0.3, -0.25) is 10.1 Å². The largest absolute Gasteiger partial charge is 0.326 e. The number of amidine groups is 1. The Bertz CT molecular complexity index is 524. The molecule has 2 N–H and O–H groups in total. The maximum absolute atomic E-state index is 13.5. The van der Waals surface area contributed by atoms with E-state index in [0.717, 1.165) is 0 Å². The number of carbonyl (C=O) groups excluding carboxylic acids is 1. The first-order chi connectivity index (χ1) is 8.56. The summed E-state index contributed by atoms with van der Waals surface area (Å²) in [6.45, 7) is 1.36. The number of amides is 1. The van der Waals surface area contributed by atoms with Crippen molar-refractivity contribution in [1.29, 1.82) is 5.26 Å². The quantitative estimate of drug-likeness (QED) is 0.372. The van der Waals surface area contributed by atoms with E-state index in [1.807, 2.05) is 0 Å². The second-order valence-corrected chi connectivity index (χ2v) is 4.00. The van der Waals surface area contributed by atoms with Crippen LogP contribution in [0.2, 0.25) is 0 Å². The minimum absolute atomic E-state index is 0.0494. The summed E-state index contributed by atoms with van der Waals surface area (Å²) in [4.78, 5) is 14.8. The van der Waals surface area contributed by atoms with Crippen molar-refractivity contribution >= 4 is 34.2 Å². The Morgan fingerprint density at radius 2 is 2.28 bits per heavy atom. The van der Waals surface area contributed by atoms with Crippen LogP contribution in [0, 0.1) is 17.3 Å². The Balaban J connectivity index is 3.07. The molecule has 0 heterocycles. The highest BCUT2D eigenvalue weighted by atomic mass is 32.2. The first-order valence-electron chi connectivity index (χ1n) is 4.91. The maximum atomic E-state index is 13.5. The van der Waals surface area contributed by atoms with Crippen molar-refractivity contribution in [3.05, 3.63) is 24.0 Å². The highest BCUT2D eigenvalue weighted by molar-refractivity contribution is 8.13. The van der Waals surface area contributed by atoms with Crippen molar-refractivity contribution in [1.82, 2.24) is 5.32 Å². The van der Waals surface area contributed by atoms with Gasteiger partial charge in [-0.1, -0.05) is 11.8 Å². The maximum Gasteiger partial charge on any atom is 0.221 e. The van der Waals surface area contributed by atoms with Gasteiger partial charge in [0.05, 0.1) is 0 Å². The topological polar surface area (TPSA) is 77.3 Å². The van der Waals surface area contributed by atoms with Gasteiger partial charge in [-0.25, -0.2) is 9.38 Å². The summed E-state index contributed by atoms with van der Waals surface area (Å²) < 4.78 is 13.5. The average Bonchev–Trinajstić information content (AvgIpc) is 2.32. The first-order valence-corrected chi connectivity index (χ1v) is 6.14.